The Morgan fingerprint density at radius 2 is 2.16 bits per heavy atom. The summed E-state index contributed by atoms with van der Waals surface area (Å²) < 4.78 is 38.9. The molecule has 2 N–H and O–H groups in total. The standard InChI is InChI=1S/C13H17F3N2S/c1-18(11-4-5-19-8-11)10-3-2-9(7-17)12(6-10)13(14,15)16/h2-3,6,11H,4-5,7-8,17H2,1H3. The second-order valence-corrected chi connectivity index (χ2v) is 5.82. The maximum absolute atomic E-state index is 13.0. The summed E-state index contributed by atoms with van der Waals surface area (Å²) >= 11 is 1.84. The van der Waals surface area contributed by atoms with Crippen LogP contribution in [0.5, 0.6) is 0 Å². The van der Waals surface area contributed by atoms with Crippen LogP contribution in [0.25, 0.3) is 0 Å². The van der Waals surface area contributed by atoms with Gasteiger partial charge in [0.25, 0.3) is 0 Å². The molecule has 6 heteroatoms. The Bertz CT molecular complexity index is 442. The van der Waals surface area contributed by atoms with E-state index in [2.05, 4.69) is 0 Å². The van der Waals surface area contributed by atoms with Crippen LogP contribution in [-0.4, -0.2) is 24.6 Å². The van der Waals surface area contributed by atoms with Gasteiger partial charge in [-0.2, -0.15) is 24.9 Å². The molecule has 1 aromatic carbocycles. The first-order valence-corrected chi connectivity index (χ1v) is 7.29. The molecule has 0 bridgehead atoms. The van der Waals surface area contributed by atoms with Gasteiger partial charge in [-0.3, -0.25) is 0 Å². The SMILES string of the molecule is CN(c1ccc(CN)c(C(F)(F)F)c1)C1CCSC1. The molecule has 2 rings (SSSR count). The van der Waals surface area contributed by atoms with E-state index >= 15 is 0 Å². The fourth-order valence-corrected chi connectivity index (χ4v) is 3.53. The third-order valence-corrected chi connectivity index (χ3v) is 4.62. The molecule has 106 valence electrons. The van der Waals surface area contributed by atoms with Crippen molar-refractivity contribution in [3.8, 4) is 0 Å². The Morgan fingerprint density at radius 3 is 2.68 bits per heavy atom. The average Bonchev–Trinajstić information content (AvgIpc) is 2.90. The van der Waals surface area contributed by atoms with E-state index in [0.717, 1.165) is 17.9 Å². The highest BCUT2D eigenvalue weighted by atomic mass is 32.2. The highest BCUT2D eigenvalue weighted by molar-refractivity contribution is 7.99. The number of benzene rings is 1. The average molecular weight is 290 g/mol. The molecule has 19 heavy (non-hydrogen) atoms. The van der Waals surface area contributed by atoms with Crippen LogP contribution >= 0.6 is 11.8 Å². The van der Waals surface area contributed by atoms with Crippen LogP contribution in [0, 0.1) is 0 Å². The van der Waals surface area contributed by atoms with Crippen LogP contribution in [0.1, 0.15) is 17.5 Å². The first-order chi connectivity index (χ1) is 8.93. The summed E-state index contributed by atoms with van der Waals surface area (Å²) in [7, 11) is 1.86. The molecule has 1 aromatic rings. The predicted molar refractivity (Wildman–Crippen MR) is 73.5 cm³/mol. The van der Waals surface area contributed by atoms with Gasteiger partial charge >= 0.3 is 6.18 Å². The monoisotopic (exact) mass is 290 g/mol. The molecule has 0 aromatic heterocycles. The van der Waals surface area contributed by atoms with E-state index in [9.17, 15) is 13.2 Å². The summed E-state index contributed by atoms with van der Waals surface area (Å²) in [6, 6.07) is 4.73. The number of rotatable bonds is 3. The quantitative estimate of drug-likeness (QED) is 0.927. The van der Waals surface area contributed by atoms with E-state index in [1.165, 1.54) is 12.1 Å². The van der Waals surface area contributed by atoms with E-state index in [4.69, 9.17) is 5.73 Å². The summed E-state index contributed by atoms with van der Waals surface area (Å²) in [5.41, 5.74) is 5.51. The van der Waals surface area contributed by atoms with Crippen LogP contribution < -0.4 is 10.6 Å². The molecule has 0 radical (unpaired) electrons. The van der Waals surface area contributed by atoms with Crippen molar-refractivity contribution in [3.63, 3.8) is 0 Å². The van der Waals surface area contributed by atoms with Gasteiger partial charge in [0.1, 0.15) is 0 Å². The minimum absolute atomic E-state index is 0.0991. The zero-order valence-corrected chi connectivity index (χ0v) is 11.5. The number of nitrogens with two attached hydrogens (primary N) is 1. The van der Waals surface area contributed by atoms with Gasteiger partial charge in [-0.15, -0.1) is 0 Å². The van der Waals surface area contributed by atoms with Crippen molar-refractivity contribution in [3.05, 3.63) is 29.3 Å². The first-order valence-electron chi connectivity index (χ1n) is 6.14. The van der Waals surface area contributed by atoms with Crippen molar-refractivity contribution < 1.29 is 13.2 Å². The summed E-state index contributed by atoms with van der Waals surface area (Å²) in [5, 5.41) is 0. The Morgan fingerprint density at radius 1 is 1.42 bits per heavy atom. The van der Waals surface area contributed by atoms with Crippen molar-refractivity contribution in [2.75, 3.05) is 23.5 Å². The van der Waals surface area contributed by atoms with Gasteiger partial charge in [-0.1, -0.05) is 6.07 Å². The van der Waals surface area contributed by atoms with Crippen LogP contribution in [0.3, 0.4) is 0 Å². The molecule has 0 saturated carbocycles. The second-order valence-electron chi connectivity index (χ2n) is 4.67. The fourth-order valence-electron chi connectivity index (χ4n) is 2.26. The lowest BCUT2D eigenvalue weighted by atomic mass is 10.0. The fraction of sp³-hybridized carbons (Fsp3) is 0.538. The van der Waals surface area contributed by atoms with E-state index in [1.54, 1.807) is 6.07 Å². The second kappa shape index (κ2) is 5.63. The third-order valence-electron chi connectivity index (χ3n) is 3.48. The van der Waals surface area contributed by atoms with E-state index in [1.807, 2.05) is 23.7 Å². The Kier molecular flexibility index (Phi) is 4.30. The van der Waals surface area contributed by atoms with Crippen LogP contribution in [0.15, 0.2) is 18.2 Å². The normalized spacial score (nSPS) is 19.7. The number of halogens is 3. The molecule has 1 unspecified atom stereocenters. The maximum atomic E-state index is 13.0. The zero-order chi connectivity index (χ0) is 14.0. The van der Waals surface area contributed by atoms with Crippen LogP contribution in [0.4, 0.5) is 18.9 Å². The van der Waals surface area contributed by atoms with Crippen molar-refractivity contribution >= 4 is 17.4 Å². The Hall–Kier alpha value is -0.880. The molecule has 0 spiro atoms. The molecule has 0 amide bonds. The van der Waals surface area contributed by atoms with Gasteiger partial charge in [-0.05, 0) is 29.9 Å². The van der Waals surface area contributed by atoms with E-state index < -0.39 is 11.7 Å². The number of hydrogen-bond acceptors (Lipinski definition) is 3. The Labute approximate surface area is 115 Å². The van der Waals surface area contributed by atoms with Crippen molar-refractivity contribution in [1.82, 2.24) is 0 Å². The number of alkyl halides is 3. The molecule has 1 saturated heterocycles. The molecule has 1 atom stereocenters. The van der Waals surface area contributed by atoms with E-state index in [0.29, 0.717) is 11.7 Å². The first kappa shape index (κ1) is 14.5. The molecule has 0 aliphatic carbocycles. The maximum Gasteiger partial charge on any atom is 0.416 e. The van der Waals surface area contributed by atoms with Crippen molar-refractivity contribution in [2.24, 2.45) is 5.73 Å². The van der Waals surface area contributed by atoms with Crippen molar-refractivity contribution in [2.45, 2.75) is 25.2 Å². The highest BCUT2D eigenvalue weighted by Crippen LogP contribution is 2.35. The van der Waals surface area contributed by atoms with Gasteiger partial charge < -0.3 is 10.6 Å². The number of thioether (sulfide) groups is 1. The van der Waals surface area contributed by atoms with Crippen LogP contribution in [-0.2, 0) is 12.7 Å². The van der Waals surface area contributed by atoms with E-state index in [-0.39, 0.29) is 12.1 Å². The third kappa shape index (κ3) is 3.17. The summed E-state index contributed by atoms with van der Waals surface area (Å²) in [4.78, 5) is 1.94. The summed E-state index contributed by atoms with van der Waals surface area (Å²) in [6.07, 6.45) is -3.34. The molecule has 2 nitrogen and oxygen atoms in total. The lowest BCUT2D eigenvalue weighted by molar-refractivity contribution is -0.138. The zero-order valence-electron chi connectivity index (χ0n) is 10.7. The minimum atomic E-state index is -4.35. The lowest BCUT2D eigenvalue weighted by Gasteiger charge is -2.27. The van der Waals surface area contributed by atoms with Crippen molar-refractivity contribution in [1.29, 1.82) is 0 Å². The number of anilines is 1. The molecule has 1 heterocycles. The Balaban J connectivity index is 2.31. The lowest BCUT2D eigenvalue weighted by Crippen LogP contribution is -2.31. The molecular weight excluding hydrogens is 273 g/mol. The van der Waals surface area contributed by atoms with Gasteiger partial charge in [0, 0.05) is 31.1 Å². The number of hydrogen-bond donors (Lipinski definition) is 1. The molecule has 1 fully saturated rings. The molecule has 1 aliphatic rings. The van der Waals surface area contributed by atoms with Gasteiger partial charge in [0.2, 0.25) is 0 Å². The molecule has 1 aliphatic heterocycles. The van der Waals surface area contributed by atoms with Gasteiger partial charge in [0.15, 0.2) is 0 Å². The largest absolute Gasteiger partial charge is 0.416 e. The summed E-state index contributed by atoms with van der Waals surface area (Å²) in [6.45, 7) is -0.0991. The van der Waals surface area contributed by atoms with Crippen LogP contribution in [0.2, 0.25) is 0 Å². The molecular formula is C13H17F3N2S. The smallest absolute Gasteiger partial charge is 0.371 e. The topological polar surface area (TPSA) is 29.3 Å². The number of nitrogens with zero attached hydrogens (tertiary/aromatic N) is 1. The van der Waals surface area contributed by atoms with Gasteiger partial charge in [0.05, 0.1) is 5.56 Å². The highest BCUT2D eigenvalue weighted by Gasteiger charge is 2.34. The minimum Gasteiger partial charge on any atom is -0.371 e. The summed E-state index contributed by atoms with van der Waals surface area (Å²) in [5.74, 6) is 2.04. The predicted octanol–water partition coefficient (Wildman–Crippen LogP) is 3.11. The van der Waals surface area contributed by atoms with Gasteiger partial charge in [-0.25, -0.2) is 0 Å².